The smallest absolute Gasteiger partial charge is 0.263 e. The van der Waals surface area contributed by atoms with Crippen LogP contribution in [0.1, 0.15) is 5.56 Å². The molecule has 5 nitrogen and oxygen atoms in total. The molecule has 3 rings (SSSR count). The highest BCUT2D eigenvalue weighted by Gasteiger charge is 2.17. The second-order valence-corrected chi connectivity index (χ2v) is 7.39. The van der Waals surface area contributed by atoms with Gasteiger partial charge in [0.05, 0.1) is 0 Å². The van der Waals surface area contributed by atoms with Gasteiger partial charge in [-0.05, 0) is 23.6 Å². The molecule has 0 aliphatic carbocycles. The van der Waals surface area contributed by atoms with Crippen LogP contribution in [0.3, 0.4) is 0 Å². The van der Waals surface area contributed by atoms with E-state index in [1.807, 2.05) is 35.7 Å². The van der Waals surface area contributed by atoms with Gasteiger partial charge < -0.3 is 0 Å². The van der Waals surface area contributed by atoms with Crippen molar-refractivity contribution in [1.29, 1.82) is 5.26 Å². The number of nitrogens with zero attached hydrogens (tertiary/aromatic N) is 2. The van der Waals surface area contributed by atoms with Gasteiger partial charge in [-0.1, -0.05) is 53.7 Å². The predicted molar refractivity (Wildman–Crippen MR) is 96.6 cm³/mol. The van der Waals surface area contributed by atoms with Crippen molar-refractivity contribution < 1.29 is 12.7 Å². The van der Waals surface area contributed by atoms with Crippen molar-refractivity contribution >= 4 is 27.2 Å². The van der Waals surface area contributed by atoms with E-state index in [0.29, 0.717) is 5.56 Å². The zero-order valence-electron chi connectivity index (χ0n) is 12.9. The van der Waals surface area contributed by atoms with Crippen LogP contribution in [0, 0.1) is 11.3 Å². The molecule has 1 heterocycles. The summed E-state index contributed by atoms with van der Waals surface area (Å²) < 4.78 is 29.1. The molecule has 2 aromatic carbocycles. The average Bonchev–Trinajstić information content (AvgIpc) is 3.18. The Morgan fingerprint density at radius 2 is 1.72 bits per heavy atom. The summed E-state index contributed by atoms with van der Waals surface area (Å²) in [6.45, 7) is 0. The van der Waals surface area contributed by atoms with Crippen molar-refractivity contribution in [2.24, 2.45) is 5.16 Å². The third-order valence-electron chi connectivity index (χ3n) is 3.33. The second-order valence-electron chi connectivity index (χ2n) is 4.92. The Morgan fingerprint density at radius 3 is 2.40 bits per heavy atom. The number of thiophene rings is 1. The Bertz CT molecular complexity index is 1040. The van der Waals surface area contributed by atoms with E-state index in [9.17, 15) is 13.7 Å². The van der Waals surface area contributed by atoms with Gasteiger partial charge in [-0.2, -0.15) is 13.7 Å². The van der Waals surface area contributed by atoms with Crippen molar-refractivity contribution in [2.45, 2.75) is 4.90 Å². The fourth-order valence-electron chi connectivity index (χ4n) is 2.18. The molecule has 7 heteroatoms. The van der Waals surface area contributed by atoms with Crippen LogP contribution < -0.4 is 0 Å². The number of oxime groups is 1. The molecule has 0 saturated heterocycles. The van der Waals surface area contributed by atoms with Gasteiger partial charge in [0.15, 0.2) is 5.71 Å². The number of rotatable bonds is 5. The maximum atomic E-state index is 12.2. The van der Waals surface area contributed by atoms with E-state index in [4.69, 9.17) is 4.28 Å². The van der Waals surface area contributed by atoms with Gasteiger partial charge in [-0.3, -0.25) is 4.28 Å². The molecular weight excluding hydrogens is 356 g/mol. The van der Waals surface area contributed by atoms with E-state index in [1.165, 1.54) is 23.5 Å². The first-order chi connectivity index (χ1) is 12.1. The standard InChI is InChI=1S/C18H12N2O3S2/c19-13-17(20-23-25(21,22)14-7-2-1-3-8-14)15-9-4-5-10-16(15)18-11-6-12-24-18/h1-12H/b20-17+. The lowest BCUT2D eigenvalue weighted by Crippen LogP contribution is -2.06. The number of hydrogen-bond donors (Lipinski definition) is 0. The largest absolute Gasteiger partial charge is 0.358 e. The number of hydrogen-bond acceptors (Lipinski definition) is 6. The maximum absolute atomic E-state index is 12.2. The van der Waals surface area contributed by atoms with Crippen LogP contribution >= 0.6 is 11.3 Å². The van der Waals surface area contributed by atoms with Gasteiger partial charge in [-0.15, -0.1) is 11.3 Å². The Kier molecular flexibility index (Phi) is 4.93. The Labute approximate surface area is 149 Å². The lowest BCUT2D eigenvalue weighted by atomic mass is 10.0. The van der Waals surface area contributed by atoms with Crippen molar-refractivity contribution in [3.8, 4) is 16.5 Å². The molecule has 0 saturated carbocycles. The molecule has 25 heavy (non-hydrogen) atoms. The first kappa shape index (κ1) is 16.9. The van der Waals surface area contributed by atoms with Crippen LogP contribution in [0.4, 0.5) is 0 Å². The fraction of sp³-hybridized carbons (Fsp3) is 0. The average molecular weight is 368 g/mol. The summed E-state index contributed by atoms with van der Waals surface area (Å²) in [5.41, 5.74) is 1.19. The minimum absolute atomic E-state index is 0.0254. The van der Waals surface area contributed by atoms with Crippen molar-refractivity contribution in [2.75, 3.05) is 0 Å². The van der Waals surface area contributed by atoms with E-state index in [-0.39, 0.29) is 10.6 Å². The third-order valence-corrected chi connectivity index (χ3v) is 5.36. The Morgan fingerprint density at radius 1 is 1.00 bits per heavy atom. The highest BCUT2D eigenvalue weighted by molar-refractivity contribution is 7.86. The molecule has 0 amide bonds. The molecule has 0 N–H and O–H groups in total. The van der Waals surface area contributed by atoms with Gasteiger partial charge in [0.25, 0.3) is 0 Å². The van der Waals surface area contributed by atoms with E-state index >= 15 is 0 Å². The molecule has 124 valence electrons. The number of benzene rings is 2. The molecule has 0 radical (unpaired) electrons. The van der Waals surface area contributed by atoms with E-state index in [1.54, 1.807) is 30.3 Å². The molecule has 1 aromatic heterocycles. The van der Waals surface area contributed by atoms with Crippen LogP contribution in [0.15, 0.2) is 82.2 Å². The quantitative estimate of drug-likeness (QED) is 0.503. The fourth-order valence-corrected chi connectivity index (χ4v) is 3.70. The van der Waals surface area contributed by atoms with Crippen LogP contribution in [0.2, 0.25) is 0 Å². The van der Waals surface area contributed by atoms with Crippen LogP contribution in [0.25, 0.3) is 10.4 Å². The summed E-state index contributed by atoms with van der Waals surface area (Å²) in [6.07, 6.45) is 0. The summed E-state index contributed by atoms with van der Waals surface area (Å²) in [6, 6.07) is 20.5. The lowest BCUT2D eigenvalue weighted by Gasteiger charge is -2.06. The highest BCUT2D eigenvalue weighted by Crippen LogP contribution is 2.28. The Balaban J connectivity index is 1.97. The third kappa shape index (κ3) is 3.76. The van der Waals surface area contributed by atoms with Crippen LogP contribution in [0.5, 0.6) is 0 Å². The molecule has 0 aliphatic heterocycles. The first-order valence-corrected chi connectivity index (χ1v) is 9.51. The van der Waals surface area contributed by atoms with Gasteiger partial charge in [0, 0.05) is 16.0 Å². The summed E-state index contributed by atoms with van der Waals surface area (Å²) >= 11 is 1.52. The molecule has 0 atom stereocenters. The Hall–Kier alpha value is -2.95. The summed E-state index contributed by atoms with van der Waals surface area (Å²) in [5.74, 6) is 0. The molecule has 0 bridgehead atoms. The molecular formula is C18H12N2O3S2. The summed E-state index contributed by atoms with van der Waals surface area (Å²) in [7, 11) is -4.08. The van der Waals surface area contributed by atoms with Crippen molar-refractivity contribution in [3.63, 3.8) is 0 Å². The van der Waals surface area contributed by atoms with Gasteiger partial charge in [0.1, 0.15) is 11.0 Å². The molecule has 0 spiro atoms. The highest BCUT2D eigenvalue weighted by atomic mass is 32.2. The maximum Gasteiger partial charge on any atom is 0.358 e. The SMILES string of the molecule is N#C/C(=N\OS(=O)(=O)c1ccccc1)c1ccccc1-c1cccs1. The van der Waals surface area contributed by atoms with E-state index in [0.717, 1.165) is 10.4 Å². The van der Waals surface area contributed by atoms with Gasteiger partial charge in [-0.25, -0.2) is 0 Å². The monoisotopic (exact) mass is 368 g/mol. The lowest BCUT2D eigenvalue weighted by molar-refractivity contribution is 0.339. The van der Waals surface area contributed by atoms with Crippen molar-refractivity contribution in [3.05, 3.63) is 77.7 Å². The van der Waals surface area contributed by atoms with Gasteiger partial charge in [0.2, 0.25) is 0 Å². The molecule has 0 fully saturated rings. The first-order valence-electron chi connectivity index (χ1n) is 7.22. The molecule has 0 unspecified atom stereocenters. The minimum Gasteiger partial charge on any atom is -0.263 e. The molecule has 0 aliphatic rings. The van der Waals surface area contributed by atoms with E-state index in [2.05, 4.69) is 5.16 Å². The molecule has 3 aromatic rings. The number of nitriles is 1. The normalized spacial score (nSPS) is 11.7. The zero-order chi connectivity index (χ0) is 17.7. The minimum atomic E-state index is -4.08. The van der Waals surface area contributed by atoms with Gasteiger partial charge >= 0.3 is 10.1 Å². The second kappa shape index (κ2) is 7.30. The van der Waals surface area contributed by atoms with Crippen molar-refractivity contribution in [1.82, 2.24) is 0 Å². The predicted octanol–water partition coefficient (Wildman–Crippen LogP) is 4.05. The zero-order valence-corrected chi connectivity index (χ0v) is 14.5. The summed E-state index contributed by atoms with van der Waals surface area (Å²) in [4.78, 5) is 0.923. The van der Waals surface area contributed by atoms with Crippen LogP contribution in [-0.4, -0.2) is 14.1 Å². The van der Waals surface area contributed by atoms with Crippen LogP contribution in [-0.2, 0) is 14.4 Å². The topological polar surface area (TPSA) is 79.5 Å². The summed E-state index contributed by atoms with van der Waals surface area (Å²) in [5, 5.41) is 14.9. The van der Waals surface area contributed by atoms with E-state index < -0.39 is 10.1 Å².